The molecule has 0 radical (unpaired) electrons. The average Bonchev–Trinajstić information content (AvgIpc) is 3.17. The van der Waals surface area contributed by atoms with Gasteiger partial charge in [0.25, 0.3) is 0 Å². The molecule has 4 atom stereocenters. The normalized spacial score (nSPS) is 28.1. The summed E-state index contributed by atoms with van der Waals surface area (Å²) in [5, 5.41) is 23.5. The van der Waals surface area contributed by atoms with E-state index in [4.69, 9.17) is 21.4 Å². The fourth-order valence-electron chi connectivity index (χ4n) is 3.49. The molecule has 3 heterocycles. The Bertz CT molecular complexity index is 913. The highest BCUT2D eigenvalue weighted by atomic mass is 79.9. The molecule has 0 spiro atoms. The number of aliphatic imine (C=N–C) groups is 1. The van der Waals surface area contributed by atoms with E-state index >= 15 is 0 Å². The van der Waals surface area contributed by atoms with Gasteiger partial charge in [-0.3, -0.25) is 0 Å². The number of furan rings is 1. The summed E-state index contributed by atoms with van der Waals surface area (Å²) in [6.45, 7) is 1.93. The van der Waals surface area contributed by atoms with Gasteiger partial charge in [0.2, 0.25) is 0 Å². The molecule has 0 bridgehead atoms. The van der Waals surface area contributed by atoms with Crippen molar-refractivity contribution in [2.45, 2.75) is 37.7 Å². The number of nitrogens with zero attached hydrogens (tertiary/aromatic N) is 1. The van der Waals surface area contributed by atoms with E-state index in [1.54, 1.807) is 0 Å². The van der Waals surface area contributed by atoms with E-state index in [9.17, 15) is 10.2 Å². The van der Waals surface area contributed by atoms with Crippen LogP contribution >= 0.6 is 28.1 Å². The Morgan fingerprint density at radius 2 is 2.07 bits per heavy atom. The zero-order valence-electron chi connectivity index (χ0n) is 14.6. The minimum atomic E-state index is -1.01. The lowest BCUT2D eigenvalue weighted by Crippen LogP contribution is -2.33. The lowest BCUT2D eigenvalue weighted by Gasteiger charge is -2.25. The number of aliphatic hydroxyl groups is 2. The van der Waals surface area contributed by atoms with Crippen LogP contribution in [0.5, 0.6) is 0 Å². The fourth-order valence-corrected chi connectivity index (χ4v) is 4.31. The van der Waals surface area contributed by atoms with Gasteiger partial charge in [-0.15, -0.1) is 0 Å². The molecular weight excluding hydrogens is 432 g/mol. The second-order valence-electron chi connectivity index (χ2n) is 6.72. The summed E-state index contributed by atoms with van der Waals surface area (Å²) in [6.07, 6.45) is -1.96. The molecule has 8 heteroatoms. The van der Waals surface area contributed by atoms with E-state index in [2.05, 4.69) is 26.2 Å². The minimum Gasteiger partial charge on any atom is -0.463 e. The van der Waals surface area contributed by atoms with Crippen molar-refractivity contribution < 1.29 is 19.4 Å². The first-order valence-electron chi connectivity index (χ1n) is 8.65. The Morgan fingerprint density at radius 1 is 1.30 bits per heavy atom. The van der Waals surface area contributed by atoms with Gasteiger partial charge >= 0.3 is 0 Å². The summed E-state index contributed by atoms with van der Waals surface area (Å²) >= 11 is 8.95. The van der Waals surface area contributed by atoms with Gasteiger partial charge in [0.15, 0.2) is 5.11 Å². The van der Waals surface area contributed by atoms with E-state index in [1.807, 2.05) is 37.3 Å². The van der Waals surface area contributed by atoms with E-state index in [1.165, 1.54) is 0 Å². The molecule has 0 saturated carbocycles. The Morgan fingerprint density at radius 3 is 2.78 bits per heavy atom. The Labute approximate surface area is 170 Å². The van der Waals surface area contributed by atoms with Gasteiger partial charge in [-0.2, -0.15) is 0 Å². The lowest BCUT2D eigenvalue weighted by atomic mass is 9.96. The number of rotatable bonds is 3. The number of nitrogens with one attached hydrogen (secondary N) is 1. The maximum Gasteiger partial charge on any atom is 0.193 e. The van der Waals surface area contributed by atoms with Crippen LogP contribution in [-0.4, -0.2) is 39.9 Å². The van der Waals surface area contributed by atoms with Crippen molar-refractivity contribution in [2.24, 2.45) is 4.99 Å². The SMILES string of the molecule is Cc1oc([C@@H]2OC[C@@H](O)[C@H]2O)cc1C1=NC(=S)NC(c2ccccc2Br)C1. The predicted molar refractivity (Wildman–Crippen MR) is 108 cm³/mol. The third-order valence-corrected chi connectivity index (χ3v) is 5.82. The maximum atomic E-state index is 10.1. The van der Waals surface area contributed by atoms with E-state index in [0.717, 1.165) is 21.3 Å². The molecular formula is C19H19BrN2O4S. The van der Waals surface area contributed by atoms with E-state index in [-0.39, 0.29) is 12.6 Å². The minimum absolute atomic E-state index is 0.00605. The van der Waals surface area contributed by atoms with Gasteiger partial charge in [0, 0.05) is 16.5 Å². The number of aliphatic hydroxyl groups excluding tert-OH is 2. The number of hydrogen-bond acceptors (Lipinski definition) is 5. The number of benzene rings is 1. The standard InChI is InChI=1S/C19H19BrN2O4S/c1-9-11(6-16(26-9)18-17(24)15(23)8-25-18)14-7-13(21-19(27)22-14)10-4-2-3-5-12(10)20/h2-6,13,15,17-18,23-24H,7-8H2,1H3,(H,21,27)/t13?,15-,17-,18+/m1/s1. The van der Waals surface area contributed by atoms with Crippen LogP contribution in [0.25, 0.3) is 0 Å². The first-order chi connectivity index (χ1) is 12.9. The molecule has 27 heavy (non-hydrogen) atoms. The van der Waals surface area contributed by atoms with Crippen molar-refractivity contribution in [3.05, 3.63) is 57.5 Å². The van der Waals surface area contributed by atoms with E-state index in [0.29, 0.717) is 23.1 Å². The molecule has 1 fully saturated rings. The smallest absolute Gasteiger partial charge is 0.193 e. The molecule has 0 aliphatic carbocycles. The fraction of sp³-hybridized carbons (Fsp3) is 0.368. The highest BCUT2D eigenvalue weighted by molar-refractivity contribution is 9.10. The molecule has 0 amide bonds. The summed E-state index contributed by atoms with van der Waals surface area (Å²) in [5.41, 5.74) is 2.76. The van der Waals surface area contributed by atoms with Gasteiger partial charge < -0.3 is 24.7 Å². The molecule has 1 aromatic carbocycles. The molecule has 2 aromatic rings. The number of ether oxygens (including phenoxy) is 1. The molecule has 1 saturated heterocycles. The molecule has 142 valence electrons. The zero-order chi connectivity index (χ0) is 19.1. The molecule has 6 nitrogen and oxygen atoms in total. The van der Waals surface area contributed by atoms with Crippen LogP contribution in [0.15, 0.2) is 44.2 Å². The number of halogens is 1. The molecule has 3 N–H and O–H groups in total. The van der Waals surface area contributed by atoms with Crippen LogP contribution < -0.4 is 5.32 Å². The quantitative estimate of drug-likeness (QED) is 0.623. The van der Waals surface area contributed by atoms with Crippen molar-refractivity contribution in [1.82, 2.24) is 5.32 Å². The summed E-state index contributed by atoms with van der Waals surface area (Å²) in [7, 11) is 0. The molecule has 2 aliphatic heterocycles. The van der Waals surface area contributed by atoms with Crippen LogP contribution in [0.1, 0.15) is 41.2 Å². The van der Waals surface area contributed by atoms with Crippen molar-refractivity contribution in [3.63, 3.8) is 0 Å². The largest absolute Gasteiger partial charge is 0.463 e. The van der Waals surface area contributed by atoms with Gasteiger partial charge in [0.1, 0.15) is 29.8 Å². The third kappa shape index (κ3) is 3.60. The van der Waals surface area contributed by atoms with Gasteiger partial charge in [-0.05, 0) is 36.8 Å². The van der Waals surface area contributed by atoms with Crippen molar-refractivity contribution in [3.8, 4) is 0 Å². The van der Waals surface area contributed by atoms with Crippen molar-refractivity contribution in [2.75, 3.05) is 6.61 Å². The van der Waals surface area contributed by atoms with Gasteiger partial charge in [0.05, 0.1) is 18.4 Å². The van der Waals surface area contributed by atoms with Crippen molar-refractivity contribution >= 4 is 39.0 Å². The maximum absolute atomic E-state index is 10.1. The molecule has 1 aromatic heterocycles. The highest BCUT2D eigenvalue weighted by Crippen LogP contribution is 2.34. The highest BCUT2D eigenvalue weighted by Gasteiger charge is 2.38. The summed E-state index contributed by atoms with van der Waals surface area (Å²) < 4.78 is 12.3. The second-order valence-corrected chi connectivity index (χ2v) is 7.96. The van der Waals surface area contributed by atoms with Crippen LogP contribution in [0.4, 0.5) is 0 Å². The summed E-state index contributed by atoms with van der Waals surface area (Å²) in [6, 6.07) is 9.82. The third-order valence-electron chi connectivity index (χ3n) is 4.89. The van der Waals surface area contributed by atoms with Gasteiger partial charge in [-0.25, -0.2) is 4.99 Å². The topological polar surface area (TPSA) is 87.2 Å². The van der Waals surface area contributed by atoms with Crippen LogP contribution in [0, 0.1) is 6.92 Å². The summed E-state index contributed by atoms with van der Waals surface area (Å²) in [4.78, 5) is 4.50. The molecule has 1 unspecified atom stereocenters. The van der Waals surface area contributed by atoms with Crippen LogP contribution in [-0.2, 0) is 4.74 Å². The number of aryl methyl sites for hydroxylation is 1. The predicted octanol–water partition coefficient (Wildman–Crippen LogP) is 2.95. The Kier molecular flexibility index (Phi) is 5.17. The Hall–Kier alpha value is -1.58. The van der Waals surface area contributed by atoms with Crippen LogP contribution in [0.3, 0.4) is 0 Å². The number of thiocarbonyl (C=S) groups is 1. The first kappa shape index (κ1) is 18.8. The summed E-state index contributed by atoms with van der Waals surface area (Å²) in [5.74, 6) is 1.16. The average molecular weight is 451 g/mol. The second kappa shape index (κ2) is 7.44. The number of hydrogen-bond donors (Lipinski definition) is 3. The van der Waals surface area contributed by atoms with E-state index < -0.39 is 18.3 Å². The van der Waals surface area contributed by atoms with Gasteiger partial charge in [-0.1, -0.05) is 34.1 Å². The van der Waals surface area contributed by atoms with Crippen molar-refractivity contribution in [1.29, 1.82) is 0 Å². The first-order valence-corrected chi connectivity index (χ1v) is 9.85. The molecule has 2 aliphatic rings. The van der Waals surface area contributed by atoms with Crippen LogP contribution in [0.2, 0.25) is 0 Å². The molecule has 4 rings (SSSR count). The lowest BCUT2D eigenvalue weighted by molar-refractivity contribution is 0.0117. The monoisotopic (exact) mass is 450 g/mol. The zero-order valence-corrected chi connectivity index (χ0v) is 17.0. The Balaban J connectivity index is 1.63.